The Labute approximate surface area is 114 Å². The zero-order chi connectivity index (χ0) is 14.0. The van der Waals surface area contributed by atoms with Crippen molar-refractivity contribution < 1.29 is 8.78 Å². The number of hydrogen-bond acceptors (Lipinski definition) is 4. The summed E-state index contributed by atoms with van der Waals surface area (Å²) in [5.74, 6) is -0.0195. The number of halogens is 2. The Kier molecular flexibility index (Phi) is 3.99. The molecule has 0 fully saturated rings. The molecule has 6 heteroatoms. The number of nitrogens with zero attached hydrogens (tertiary/aromatic N) is 2. The molecule has 100 valence electrons. The first-order chi connectivity index (χ1) is 9.01. The quantitative estimate of drug-likeness (QED) is 0.876. The summed E-state index contributed by atoms with van der Waals surface area (Å²) in [5, 5.41) is 0.550. The average Bonchev–Trinajstić information content (AvgIpc) is 2.38. The summed E-state index contributed by atoms with van der Waals surface area (Å²) in [6, 6.07) is 3.32. The monoisotopic (exact) mass is 281 g/mol. The first-order valence-electron chi connectivity index (χ1n) is 5.77. The van der Waals surface area contributed by atoms with Crippen LogP contribution < -0.4 is 5.73 Å². The van der Waals surface area contributed by atoms with E-state index in [1.54, 1.807) is 6.92 Å². The van der Waals surface area contributed by atoms with Crippen molar-refractivity contribution in [3.05, 3.63) is 41.2 Å². The Bertz CT molecular complexity index is 617. The number of anilines is 1. The van der Waals surface area contributed by atoms with Gasteiger partial charge in [-0.1, -0.05) is 18.7 Å². The van der Waals surface area contributed by atoms with Crippen molar-refractivity contribution in [2.45, 2.75) is 30.2 Å². The SMILES string of the molecule is CCc1nc(N)c(C)c(Sc2cc(F)ccc2F)n1. The van der Waals surface area contributed by atoms with Gasteiger partial charge in [0.1, 0.15) is 28.3 Å². The van der Waals surface area contributed by atoms with E-state index in [1.165, 1.54) is 0 Å². The minimum atomic E-state index is -0.487. The molecule has 1 heterocycles. The van der Waals surface area contributed by atoms with E-state index in [0.29, 0.717) is 28.7 Å². The highest BCUT2D eigenvalue weighted by atomic mass is 32.2. The van der Waals surface area contributed by atoms with Crippen LogP contribution in [0.5, 0.6) is 0 Å². The molecule has 0 aliphatic rings. The zero-order valence-electron chi connectivity index (χ0n) is 10.6. The van der Waals surface area contributed by atoms with Gasteiger partial charge in [-0.05, 0) is 25.1 Å². The summed E-state index contributed by atoms with van der Waals surface area (Å²) in [6.07, 6.45) is 0.629. The van der Waals surface area contributed by atoms with Gasteiger partial charge >= 0.3 is 0 Å². The number of hydrogen-bond donors (Lipinski definition) is 1. The maximum absolute atomic E-state index is 13.6. The highest BCUT2D eigenvalue weighted by Gasteiger charge is 2.12. The Morgan fingerprint density at radius 2 is 2.00 bits per heavy atom. The summed E-state index contributed by atoms with van der Waals surface area (Å²) in [7, 11) is 0. The van der Waals surface area contributed by atoms with E-state index in [1.807, 2.05) is 6.92 Å². The molecule has 0 saturated heterocycles. The molecular formula is C13H13F2N3S. The second-order valence-corrected chi connectivity index (χ2v) is 5.02. The predicted molar refractivity (Wildman–Crippen MR) is 71.0 cm³/mol. The van der Waals surface area contributed by atoms with Crippen LogP contribution in [0.2, 0.25) is 0 Å². The lowest BCUT2D eigenvalue weighted by atomic mass is 10.3. The van der Waals surface area contributed by atoms with Crippen molar-refractivity contribution in [2.75, 3.05) is 5.73 Å². The topological polar surface area (TPSA) is 51.8 Å². The Balaban J connectivity index is 2.42. The summed E-state index contributed by atoms with van der Waals surface area (Å²) >= 11 is 1.05. The molecule has 1 aromatic carbocycles. The second kappa shape index (κ2) is 5.52. The van der Waals surface area contributed by atoms with Crippen molar-refractivity contribution >= 4 is 17.6 Å². The highest BCUT2D eigenvalue weighted by molar-refractivity contribution is 7.99. The van der Waals surface area contributed by atoms with E-state index >= 15 is 0 Å². The van der Waals surface area contributed by atoms with Crippen LogP contribution in [-0.2, 0) is 6.42 Å². The molecule has 2 rings (SSSR count). The zero-order valence-corrected chi connectivity index (χ0v) is 11.4. The molecule has 0 unspecified atom stereocenters. The van der Waals surface area contributed by atoms with Crippen molar-refractivity contribution in [1.29, 1.82) is 0 Å². The largest absolute Gasteiger partial charge is 0.383 e. The summed E-state index contributed by atoms with van der Waals surface area (Å²) in [5.41, 5.74) is 6.46. The fraction of sp³-hybridized carbons (Fsp3) is 0.231. The third kappa shape index (κ3) is 3.01. The molecular weight excluding hydrogens is 268 g/mol. The lowest BCUT2D eigenvalue weighted by molar-refractivity contribution is 0.577. The predicted octanol–water partition coefficient (Wildman–Crippen LogP) is 3.36. The standard InChI is InChI=1S/C13H13F2N3S/c1-3-11-17-12(16)7(2)13(18-11)19-10-6-8(14)4-5-9(10)15/h4-6H,3H2,1-2H3,(H2,16,17,18). The molecule has 2 aromatic rings. The molecule has 19 heavy (non-hydrogen) atoms. The van der Waals surface area contributed by atoms with Gasteiger partial charge in [0.05, 0.1) is 4.90 Å². The van der Waals surface area contributed by atoms with Crippen molar-refractivity contribution in [1.82, 2.24) is 9.97 Å². The van der Waals surface area contributed by atoms with Crippen molar-refractivity contribution in [3.63, 3.8) is 0 Å². The molecule has 1 aromatic heterocycles. The van der Waals surface area contributed by atoms with Crippen LogP contribution in [-0.4, -0.2) is 9.97 Å². The first kappa shape index (κ1) is 13.7. The third-order valence-corrected chi connectivity index (χ3v) is 3.72. The van der Waals surface area contributed by atoms with Gasteiger partial charge in [-0.25, -0.2) is 18.7 Å². The van der Waals surface area contributed by atoms with Gasteiger partial charge in [-0.15, -0.1) is 0 Å². The van der Waals surface area contributed by atoms with Crippen LogP contribution in [0.25, 0.3) is 0 Å². The Morgan fingerprint density at radius 1 is 1.26 bits per heavy atom. The van der Waals surface area contributed by atoms with E-state index < -0.39 is 11.6 Å². The number of aryl methyl sites for hydroxylation is 1. The molecule has 0 atom stereocenters. The van der Waals surface area contributed by atoms with E-state index in [0.717, 1.165) is 30.0 Å². The molecule has 0 spiro atoms. The molecule has 2 N–H and O–H groups in total. The number of nitrogens with two attached hydrogens (primary N) is 1. The van der Waals surface area contributed by atoms with Gasteiger partial charge in [0.2, 0.25) is 0 Å². The van der Waals surface area contributed by atoms with Crippen molar-refractivity contribution in [3.8, 4) is 0 Å². The van der Waals surface area contributed by atoms with Gasteiger partial charge < -0.3 is 5.73 Å². The molecule has 3 nitrogen and oxygen atoms in total. The van der Waals surface area contributed by atoms with Crippen LogP contribution in [0.15, 0.2) is 28.1 Å². The molecule has 0 radical (unpaired) electrons. The summed E-state index contributed by atoms with van der Waals surface area (Å²) in [4.78, 5) is 8.60. The minimum absolute atomic E-state index is 0.184. The minimum Gasteiger partial charge on any atom is -0.383 e. The number of rotatable bonds is 3. The van der Waals surface area contributed by atoms with Gasteiger partial charge in [0.25, 0.3) is 0 Å². The van der Waals surface area contributed by atoms with Crippen molar-refractivity contribution in [2.24, 2.45) is 0 Å². The fourth-order valence-corrected chi connectivity index (χ4v) is 2.43. The van der Waals surface area contributed by atoms with Crippen LogP contribution in [0.3, 0.4) is 0 Å². The second-order valence-electron chi connectivity index (χ2n) is 3.99. The highest BCUT2D eigenvalue weighted by Crippen LogP contribution is 2.32. The van der Waals surface area contributed by atoms with Gasteiger partial charge in [0.15, 0.2) is 0 Å². The smallest absolute Gasteiger partial charge is 0.137 e. The molecule has 0 aliphatic heterocycles. The van der Waals surface area contributed by atoms with Crippen LogP contribution in [0.4, 0.5) is 14.6 Å². The van der Waals surface area contributed by atoms with E-state index in [9.17, 15) is 8.78 Å². The molecule has 0 aliphatic carbocycles. The van der Waals surface area contributed by atoms with Crippen LogP contribution in [0.1, 0.15) is 18.3 Å². The molecule has 0 saturated carbocycles. The lowest BCUT2D eigenvalue weighted by Gasteiger charge is -2.09. The van der Waals surface area contributed by atoms with Crippen LogP contribution in [0, 0.1) is 18.6 Å². The van der Waals surface area contributed by atoms with E-state index in [2.05, 4.69) is 9.97 Å². The van der Waals surface area contributed by atoms with E-state index in [-0.39, 0.29) is 4.90 Å². The number of nitrogen functional groups attached to an aromatic ring is 1. The van der Waals surface area contributed by atoms with Gasteiger partial charge in [-0.2, -0.15) is 0 Å². The molecule has 0 bridgehead atoms. The van der Waals surface area contributed by atoms with Gasteiger partial charge in [-0.3, -0.25) is 0 Å². The maximum Gasteiger partial charge on any atom is 0.137 e. The fourth-order valence-electron chi connectivity index (χ4n) is 1.48. The average molecular weight is 281 g/mol. The Hall–Kier alpha value is -1.69. The number of aromatic nitrogens is 2. The first-order valence-corrected chi connectivity index (χ1v) is 6.58. The van der Waals surface area contributed by atoms with E-state index in [4.69, 9.17) is 5.73 Å². The molecule has 0 amide bonds. The van der Waals surface area contributed by atoms with Crippen LogP contribution >= 0.6 is 11.8 Å². The van der Waals surface area contributed by atoms with Gasteiger partial charge in [0, 0.05) is 12.0 Å². The summed E-state index contributed by atoms with van der Waals surface area (Å²) in [6.45, 7) is 3.66. The normalized spacial score (nSPS) is 10.7. The number of benzene rings is 1. The lowest BCUT2D eigenvalue weighted by Crippen LogP contribution is -2.03. The maximum atomic E-state index is 13.6. The third-order valence-electron chi connectivity index (χ3n) is 2.60. The Morgan fingerprint density at radius 3 is 2.68 bits per heavy atom. The summed E-state index contributed by atoms with van der Waals surface area (Å²) < 4.78 is 26.7.